The van der Waals surface area contributed by atoms with Gasteiger partial charge in [0.05, 0.1) is 12.7 Å². The van der Waals surface area contributed by atoms with Crippen molar-refractivity contribution in [1.82, 2.24) is 0 Å². The first kappa shape index (κ1) is 13.4. The van der Waals surface area contributed by atoms with E-state index in [0.29, 0.717) is 5.92 Å². The lowest BCUT2D eigenvalue weighted by atomic mass is 9.98. The fourth-order valence-corrected chi connectivity index (χ4v) is 2.63. The quantitative estimate of drug-likeness (QED) is 0.890. The molecule has 18 heavy (non-hydrogen) atoms. The summed E-state index contributed by atoms with van der Waals surface area (Å²) >= 11 is 0. The summed E-state index contributed by atoms with van der Waals surface area (Å²) in [7, 11) is 1.77. The molecule has 1 aliphatic heterocycles. The van der Waals surface area contributed by atoms with Crippen LogP contribution in [0.3, 0.4) is 0 Å². The zero-order chi connectivity index (χ0) is 13.0. The summed E-state index contributed by atoms with van der Waals surface area (Å²) in [4.78, 5) is 2.42. The van der Waals surface area contributed by atoms with Crippen LogP contribution in [0.5, 0.6) is 0 Å². The molecular formula is C15H23NO2. The second kappa shape index (κ2) is 6.21. The van der Waals surface area contributed by atoms with Crippen LogP contribution in [0.4, 0.5) is 5.69 Å². The molecule has 1 aliphatic rings. The van der Waals surface area contributed by atoms with E-state index in [2.05, 4.69) is 17.0 Å². The Morgan fingerprint density at radius 1 is 1.39 bits per heavy atom. The Labute approximate surface area is 109 Å². The Balaban J connectivity index is 2.02. The highest BCUT2D eigenvalue weighted by Crippen LogP contribution is 2.24. The van der Waals surface area contributed by atoms with Gasteiger partial charge in [0.2, 0.25) is 0 Å². The molecule has 0 radical (unpaired) electrons. The Kier molecular flexibility index (Phi) is 4.61. The molecule has 3 heteroatoms. The first-order valence-electron chi connectivity index (χ1n) is 6.72. The molecule has 0 bridgehead atoms. The van der Waals surface area contributed by atoms with Gasteiger partial charge in [-0.1, -0.05) is 12.1 Å². The minimum absolute atomic E-state index is 0.387. The lowest BCUT2D eigenvalue weighted by molar-refractivity contribution is 0.143. The van der Waals surface area contributed by atoms with E-state index in [9.17, 15) is 5.11 Å². The van der Waals surface area contributed by atoms with E-state index in [1.54, 1.807) is 14.0 Å². The minimum atomic E-state index is -0.387. The summed E-state index contributed by atoms with van der Waals surface area (Å²) in [6.45, 7) is 4.84. The Morgan fingerprint density at radius 3 is 2.72 bits per heavy atom. The Morgan fingerprint density at radius 2 is 2.11 bits per heavy atom. The highest BCUT2D eigenvalue weighted by atomic mass is 16.5. The first-order chi connectivity index (χ1) is 8.70. The lowest BCUT2D eigenvalue weighted by Crippen LogP contribution is -2.37. The fraction of sp³-hybridized carbons (Fsp3) is 0.600. The first-order valence-corrected chi connectivity index (χ1v) is 6.72. The molecule has 0 spiro atoms. The molecular weight excluding hydrogens is 226 g/mol. The number of benzene rings is 1. The largest absolute Gasteiger partial charge is 0.389 e. The van der Waals surface area contributed by atoms with Gasteiger partial charge in [0.25, 0.3) is 0 Å². The number of aliphatic hydroxyl groups is 1. The molecule has 3 nitrogen and oxygen atoms in total. The zero-order valence-electron chi connectivity index (χ0n) is 11.3. The number of ether oxygens (including phenoxy) is 1. The van der Waals surface area contributed by atoms with Gasteiger partial charge in [-0.05, 0) is 43.4 Å². The smallest absolute Gasteiger partial charge is 0.0761 e. The van der Waals surface area contributed by atoms with Gasteiger partial charge >= 0.3 is 0 Å². The second-order valence-corrected chi connectivity index (χ2v) is 5.18. The van der Waals surface area contributed by atoms with Gasteiger partial charge in [0.15, 0.2) is 0 Å². The van der Waals surface area contributed by atoms with Crippen molar-refractivity contribution in [2.75, 3.05) is 31.7 Å². The third kappa shape index (κ3) is 3.24. The minimum Gasteiger partial charge on any atom is -0.389 e. The standard InChI is InChI=1S/C15H23NO2/c1-12(17)14-5-7-15(8-6-14)16-9-3-4-13(10-16)11-18-2/h5-8,12-13,17H,3-4,9-11H2,1-2H3. The Hall–Kier alpha value is -1.06. The van der Waals surface area contributed by atoms with E-state index in [4.69, 9.17) is 4.74 Å². The van der Waals surface area contributed by atoms with Gasteiger partial charge in [-0.25, -0.2) is 0 Å². The van der Waals surface area contributed by atoms with Gasteiger partial charge < -0.3 is 14.7 Å². The van der Waals surface area contributed by atoms with Crippen LogP contribution in [0.1, 0.15) is 31.4 Å². The Bertz CT molecular complexity index is 359. The average Bonchev–Trinajstić information content (AvgIpc) is 2.39. The average molecular weight is 249 g/mol. The summed E-state index contributed by atoms with van der Waals surface area (Å²) in [5.74, 6) is 0.639. The maximum Gasteiger partial charge on any atom is 0.0761 e. The van der Waals surface area contributed by atoms with Crippen LogP contribution in [-0.2, 0) is 4.74 Å². The summed E-state index contributed by atoms with van der Waals surface area (Å²) in [5.41, 5.74) is 2.23. The molecule has 1 N–H and O–H groups in total. The normalized spacial score (nSPS) is 21.9. The summed E-state index contributed by atoms with van der Waals surface area (Å²) in [5, 5.41) is 9.51. The lowest BCUT2D eigenvalue weighted by Gasteiger charge is -2.34. The van der Waals surface area contributed by atoms with Crippen LogP contribution in [-0.4, -0.2) is 31.9 Å². The molecule has 100 valence electrons. The van der Waals surface area contributed by atoms with Crippen LogP contribution in [0.25, 0.3) is 0 Å². The number of aliphatic hydroxyl groups excluding tert-OH is 1. The van der Waals surface area contributed by atoms with E-state index in [0.717, 1.165) is 25.3 Å². The molecule has 0 aromatic heterocycles. The molecule has 2 rings (SSSR count). The van der Waals surface area contributed by atoms with Gasteiger partial charge in [-0.15, -0.1) is 0 Å². The third-order valence-corrected chi connectivity index (χ3v) is 3.66. The van der Waals surface area contributed by atoms with Crippen LogP contribution >= 0.6 is 0 Å². The molecule has 2 atom stereocenters. The molecule has 1 saturated heterocycles. The van der Waals surface area contributed by atoms with Crippen LogP contribution in [0.15, 0.2) is 24.3 Å². The van der Waals surface area contributed by atoms with Gasteiger partial charge in [0.1, 0.15) is 0 Å². The molecule has 1 fully saturated rings. The molecule has 2 unspecified atom stereocenters. The predicted octanol–water partition coefficient (Wildman–Crippen LogP) is 2.60. The fourth-order valence-electron chi connectivity index (χ4n) is 2.63. The van der Waals surface area contributed by atoms with E-state index in [1.807, 2.05) is 12.1 Å². The van der Waals surface area contributed by atoms with Gasteiger partial charge in [0, 0.05) is 25.9 Å². The number of hydrogen-bond acceptors (Lipinski definition) is 3. The van der Waals surface area contributed by atoms with Crippen molar-refractivity contribution >= 4 is 5.69 Å². The SMILES string of the molecule is COCC1CCCN(c2ccc(C(C)O)cc2)C1. The van der Waals surface area contributed by atoms with Crippen LogP contribution < -0.4 is 4.90 Å². The number of piperidine rings is 1. The van der Waals surface area contributed by atoms with Crippen molar-refractivity contribution in [1.29, 1.82) is 0 Å². The van der Waals surface area contributed by atoms with Crippen LogP contribution in [0.2, 0.25) is 0 Å². The van der Waals surface area contributed by atoms with Gasteiger partial charge in [-0.3, -0.25) is 0 Å². The number of nitrogens with zero attached hydrogens (tertiary/aromatic N) is 1. The van der Waals surface area contributed by atoms with E-state index < -0.39 is 0 Å². The van der Waals surface area contributed by atoms with E-state index >= 15 is 0 Å². The van der Waals surface area contributed by atoms with Crippen molar-refractivity contribution in [3.05, 3.63) is 29.8 Å². The molecule has 0 saturated carbocycles. The maximum absolute atomic E-state index is 9.51. The van der Waals surface area contributed by atoms with Crippen molar-refractivity contribution in [2.45, 2.75) is 25.9 Å². The molecule has 0 aliphatic carbocycles. The third-order valence-electron chi connectivity index (χ3n) is 3.66. The molecule has 1 heterocycles. The topological polar surface area (TPSA) is 32.7 Å². The highest BCUT2D eigenvalue weighted by Gasteiger charge is 2.19. The molecule has 1 aromatic carbocycles. The second-order valence-electron chi connectivity index (χ2n) is 5.18. The number of rotatable bonds is 4. The number of anilines is 1. The van der Waals surface area contributed by atoms with E-state index in [-0.39, 0.29) is 6.10 Å². The van der Waals surface area contributed by atoms with Gasteiger partial charge in [-0.2, -0.15) is 0 Å². The number of methoxy groups -OCH3 is 1. The predicted molar refractivity (Wildman–Crippen MR) is 73.9 cm³/mol. The highest BCUT2D eigenvalue weighted by molar-refractivity contribution is 5.48. The van der Waals surface area contributed by atoms with Crippen molar-refractivity contribution in [2.24, 2.45) is 5.92 Å². The number of hydrogen-bond donors (Lipinski definition) is 1. The monoisotopic (exact) mass is 249 g/mol. The van der Waals surface area contributed by atoms with Crippen molar-refractivity contribution in [3.8, 4) is 0 Å². The molecule has 0 amide bonds. The van der Waals surface area contributed by atoms with Crippen molar-refractivity contribution in [3.63, 3.8) is 0 Å². The maximum atomic E-state index is 9.51. The van der Waals surface area contributed by atoms with Crippen LogP contribution in [0, 0.1) is 5.92 Å². The zero-order valence-corrected chi connectivity index (χ0v) is 11.3. The van der Waals surface area contributed by atoms with Crippen molar-refractivity contribution < 1.29 is 9.84 Å². The molecule has 1 aromatic rings. The summed E-state index contributed by atoms with van der Waals surface area (Å²) in [6, 6.07) is 8.24. The summed E-state index contributed by atoms with van der Waals surface area (Å²) in [6.07, 6.45) is 2.10. The van der Waals surface area contributed by atoms with E-state index in [1.165, 1.54) is 18.5 Å². The summed E-state index contributed by atoms with van der Waals surface area (Å²) < 4.78 is 5.26.